The molecule has 0 aromatic heterocycles. The third-order valence-corrected chi connectivity index (χ3v) is 19.0. The first-order valence-electron chi connectivity index (χ1n) is 24.9. The van der Waals surface area contributed by atoms with E-state index in [0.29, 0.717) is 32.1 Å². The summed E-state index contributed by atoms with van der Waals surface area (Å²) in [5.74, 6) is -0.110. The van der Waals surface area contributed by atoms with Crippen LogP contribution in [-0.4, -0.2) is 191 Å². The van der Waals surface area contributed by atoms with Gasteiger partial charge in [-0.15, -0.1) is 0 Å². The Balaban J connectivity index is 1.10. The first kappa shape index (κ1) is 53.8. The predicted octanol–water partition coefficient (Wildman–Crippen LogP) is 0.363. The molecule has 0 radical (unpaired) electrons. The summed E-state index contributed by atoms with van der Waals surface area (Å²) >= 11 is 0. The lowest BCUT2D eigenvalue weighted by molar-refractivity contribution is -0.350. The average molecular weight is 961 g/mol. The van der Waals surface area contributed by atoms with E-state index in [1.807, 2.05) is 20.8 Å². The van der Waals surface area contributed by atoms with Crippen LogP contribution in [0.1, 0.15) is 120 Å². The Morgan fingerprint density at radius 1 is 0.642 bits per heavy atom. The average Bonchev–Trinajstić information content (AvgIpc) is 3.66. The van der Waals surface area contributed by atoms with Gasteiger partial charge < -0.3 is 89.7 Å². The van der Waals surface area contributed by atoms with E-state index in [2.05, 4.69) is 40.7 Å². The highest BCUT2D eigenvalue weighted by molar-refractivity contribution is 5.20. The molecule has 4 saturated carbocycles. The SMILES string of the molecule is CC(C)=CCC[C@](C)(O[C@@H]1O[C@H](CO[C@@H]2O[C@H](CO)[C@@H](O)[C@H](O)[C@H]2O)[C@@H](O)[C@H](O)[C@H]1O)[C@H]1CC[C@]2(C)[C@@H]1[C@H](O)C[C@@H]1[C@@]3(C)CC[C@H](O[C@@H]4O[C@H](CCO)[C@@H](O)[C@H](O)[C@H]4O)C(C)(C)[C@@H]3CC[C@]12C. The van der Waals surface area contributed by atoms with Crippen LogP contribution < -0.4 is 0 Å². The van der Waals surface area contributed by atoms with Gasteiger partial charge in [-0.3, -0.25) is 0 Å². The van der Waals surface area contributed by atoms with Crippen molar-refractivity contribution in [1.82, 2.24) is 0 Å². The van der Waals surface area contributed by atoms with Gasteiger partial charge in [0.25, 0.3) is 0 Å². The Morgan fingerprint density at radius 2 is 1.21 bits per heavy atom. The summed E-state index contributed by atoms with van der Waals surface area (Å²) in [4.78, 5) is 0. The molecule has 0 unspecified atom stereocenters. The Hall–Kier alpha value is -0.980. The molecule has 0 aromatic carbocycles. The van der Waals surface area contributed by atoms with E-state index < -0.39 is 122 Å². The van der Waals surface area contributed by atoms with Crippen molar-refractivity contribution in [3.05, 3.63) is 11.6 Å². The summed E-state index contributed by atoms with van der Waals surface area (Å²) in [6.07, 6.45) is -14.3. The number of hydrogen-bond donors (Lipinski definition) is 12. The van der Waals surface area contributed by atoms with E-state index in [1.165, 1.54) is 0 Å². The monoisotopic (exact) mass is 961 g/mol. The van der Waals surface area contributed by atoms with E-state index in [9.17, 15) is 61.3 Å². The van der Waals surface area contributed by atoms with Crippen molar-refractivity contribution in [2.75, 3.05) is 19.8 Å². The lowest BCUT2D eigenvalue weighted by atomic mass is 9.35. The van der Waals surface area contributed by atoms with Crippen LogP contribution in [0.25, 0.3) is 0 Å². The molecule has 3 heterocycles. The maximum absolute atomic E-state index is 12.7. The van der Waals surface area contributed by atoms with Gasteiger partial charge in [0.1, 0.15) is 67.1 Å². The lowest BCUT2D eigenvalue weighted by Crippen LogP contribution is -2.67. The topological polar surface area (TPSA) is 298 Å². The van der Waals surface area contributed by atoms with Crippen molar-refractivity contribution in [3.63, 3.8) is 0 Å². The van der Waals surface area contributed by atoms with Crippen LogP contribution >= 0.6 is 0 Å². The predicted molar refractivity (Wildman–Crippen MR) is 238 cm³/mol. The number of ether oxygens (including phenoxy) is 6. The Morgan fingerprint density at radius 3 is 1.84 bits per heavy atom. The molecule has 0 amide bonds. The Bertz CT molecular complexity index is 1700. The Labute approximate surface area is 395 Å². The van der Waals surface area contributed by atoms with Gasteiger partial charge >= 0.3 is 0 Å². The molecule has 7 rings (SSSR count). The highest BCUT2D eigenvalue weighted by Gasteiger charge is 2.72. The van der Waals surface area contributed by atoms with E-state index in [-0.39, 0.29) is 59.0 Å². The van der Waals surface area contributed by atoms with Gasteiger partial charge in [0.05, 0.1) is 37.1 Å². The number of allylic oxidation sites excluding steroid dienone is 2. The quantitative estimate of drug-likeness (QED) is 0.0827. The minimum absolute atomic E-state index is 0.0835. The fraction of sp³-hybridized carbons (Fsp3) is 0.959. The van der Waals surface area contributed by atoms with Gasteiger partial charge in [0.15, 0.2) is 18.9 Å². The molecular formula is C49H84O18. The molecule has 0 spiro atoms. The number of rotatable bonds is 14. The molecular weight excluding hydrogens is 877 g/mol. The fourth-order valence-corrected chi connectivity index (χ4v) is 15.0. The normalized spacial score (nSPS) is 51.8. The molecule has 67 heavy (non-hydrogen) atoms. The molecule has 18 heteroatoms. The smallest absolute Gasteiger partial charge is 0.187 e. The molecule has 3 aliphatic heterocycles. The van der Waals surface area contributed by atoms with E-state index in [1.54, 1.807) is 0 Å². The molecule has 12 N–H and O–H groups in total. The van der Waals surface area contributed by atoms with E-state index in [4.69, 9.17) is 28.4 Å². The number of aliphatic hydroxyl groups is 12. The summed E-state index contributed by atoms with van der Waals surface area (Å²) in [6, 6.07) is 0. The highest BCUT2D eigenvalue weighted by Crippen LogP contribution is 2.76. The number of aliphatic hydroxyl groups excluding tert-OH is 12. The summed E-state index contributed by atoms with van der Waals surface area (Å²) < 4.78 is 36.9. The molecule has 25 atom stereocenters. The second kappa shape index (κ2) is 20.1. The summed E-state index contributed by atoms with van der Waals surface area (Å²) in [5.41, 5.74) is -1.04. The lowest BCUT2D eigenvalue weighted by Gasteiger charge is -2.71. The minimum Gasteiger partial charge on any atom is -0.396 e. The van der Waals surface area contributed by atoms with Crippen LogP contribution in [0.15, 0.2) is 11.6 Å². The van der Waals surface area contributed by atoms with Crippen LogP contribution in [0, 0.1) is 45.3 Å². The van der Waals surface area contributed by atoms with Gasteiger partial charge in [0, 0.05) is 6.61 Å². The van der Waals surface area contributed by atoms with Crippen LogP contribution in [0.5, 0.6) is 0 Å². The van der Waals surface area contributed by atoms with Crippen LogP contribution in [-0.2, 0) is 28.4 Å². The number of fused-ring (bicyclic) bond motifs is 5. The molecule has 388 valence electrons. The molecule has 7 fully saturated rings. The second-order valence-corrected chi connectivity index (χ2v) is 23.3. The zero-order valence-electron chi connectivity index (χ0n) is 40.7. The summed E-state index contributed by atoms with van der Waals surface area (Å²) in [5, 5.41) is 129. The molecule has 0 bridgehead atoms. The Kier molecular flexibility index (Phi) is 16.2. The molecule has 3 saturated heterocycles. The third-order valence-electron chi connectivity index (χ3n) is 19.0. The molecule has 0 aromatic rings. The van der Waals surface area contributed by atoms with Crippen LogP contribution in [0.3, 0.4) is 0 Å². The summed E-state index contributed by atoms with van der Waals surface area (Å²) in [6.45, 7) is 16.1. The largest absolute Gasteiger partial charge is 0.396 e. The van der Waals surface area contributed by atoms with Crippen molar-refractivity contribution in [2.24, 2.45) is 45.3 Å². The van der Waals surface area contributed by atoms with Gasteiger partial charge in [-0.1, -0.05) is 46.3 Å². The standard InChI is InChI=1S/C49H84O18/c1-23(2)10-9-15-49(8,67-44-41(61)38(58)35(55)28(65-44)22-62-42-39(59)37(57)34(54)27(21-51)64-42)24-11-17-48(7)32(24)25(52)20-30-46(5)16-13-31(45(3,4)29(46)12-18-47(30,48)6)66-43-40(60)36(56)33(53)26(63-43)14-19-50/h10,24-44,50-61H,9,11-22H2,1-8H3/t24-,25+,26+,27+,28+,29-,30+,31-,32-,33+,34+,35+,36-,37-,38-,39+,40+,41+,42+,43-,44-,46-,47+,48+,49-/m0/s1. The second-order valence-electron chi connectivity index (χ2n) is 23.3. The highest BCUT2D eigenvalue weighted by atomic mass is 16.7. The van der Waals surface area contributed by atoms with Gasteiger partial charge in [0.2, 0.25) is 0 Å². The van der Waals surface area contributed by atoms with Crippen molar-refractivity contribution >= 4 is 0 Å². The van der Waals surface area contributed by atoms with Crippen LogP contribution in [0.2, 0.25) is 0 Å². The molecule has 7 aliphatic rings. The third kappa shape index (κ3) is 9.37. The van der Waals surface area contributed by atoms with E-state index >= 15 is 0 Å². The van der Waals surface area contributed by atoms with E-state index in [0.717, 1.165) is 31.3 Å². The first-order chi connectivity index (χ1) is 31.3. The molecule has 4 aliphatic carbocycles. The zero-order valence-corrected chi connectivity index (χ0v) is 40.7. The minimum atomic E-state index is -1.72. The van der Waals surface area contributed by atoms with Gasteiger partial charge in [-0.05, 0) is 130 Å². The maximum atomic E-state index is 12.7. The van der Waals surface area contributed by atoms with Gasteiger partial charge in [-0.2, -0.15) is 0 Å². The first-order valence-corrected chi connectivity index (χ1v) is 24.9. The number of hydrogen-bond acceptors (Lipinski definition) is 18. The maximum Gasteiger partial charge on any atom is 0.187 e. The molecule has 18 nitrogen and oxygen atoms in total. The van der Waals surface area contributed by atoms with Crippen LogP contribution in [0.4, 0.5) is 0 Å². The van der Waals surface area contributed by atoms with Crippen molar-refractivity contribution in [2.45, 2.75) is 230 Å². The van der Waals surface area contributed by atoms with Gasteiger partial charge in [-0.25, -0.2) is 0 Å². The van der Waals surface area contributed by atoms with Crippen molar-refractivity contribution < 1.29 is 89.7 Å². The summed E-state index contributed by atoms with van der Waals surface area (Å²) in [7, 11) is 0. The van der Waals surface area contributed by atoms with Crippen molar-refractivity contribution in [1.29, 1.82) is 0 Å². The fourth-order valence-electron chi connectivity index (χ4n) is 15.0. The van der Waals surface area contributed by atoms with Crippen molar-refractivity contribution in [3.8, 4) is 0 Å². The zero-order chi connectivity index (χ0) is 49.3.